The van der Waals surface area contributed by atoms with E-state index >= 15 is 0 Å². The van der Waals surface area contributed by atoms with E-state index in [1.165, 1.54) is 0 Å². The number of likely N-dealkylation sites (N-methyl/N-ethyl adjacent to an activating group) is 1. The van der Waals surface area contributed by atoms with E-state index in [2.05, 4.69) is 15.2 Å². The summed E-state index contributed by atoms with van der Waals surface area (Å²) in [7, 11) is 1.85. The molecule has 1 aliphatic heterocycles. The Bertz CT molecular complexity index is 412. The Labute approximate surface area is 114 Å². The molecule has 5 nitrogen and oxygen atoms in total. The van der Waals surface area contributed by atoms with E-state index in [1.807, 2.05) is 26.1 Å². The van der Waals surface area contributed by atoms with E-state index in [0.29, 0.717) is 5.56 Å². The predicted molar refractivity (Wildman–Crippen MR) is 75.2 cm³/mol. The number of carbonyl (C=O) groups is 1. The minimum atomic E-state index is 0.0441. The lowest BCUT2D eigenvalue weighted by Crippen LogP contribution is -2.46. The number of amides is 1. The molecule has 1 N–H and O–H groups in total. The minimum absolute atomic E-state index is 0.0441. The maximum absolute atomic E-state index is 12.2. The number of aromatic nitrogens is 1. The smallest absolute Gasteiger partial charge is 0.255 e. The van der Waals surface area contributed by atoms with Crippen LogP contribution in [0, 0.1) is 6.92 Å². The monoisotopic (exact) mass is 262 g/mol. The van der Waals surface area contributed by atoms with Crippen molar-refractivity contribution in [3.8, 4) is 0 Å². The number of piperazine rings is 1. The highest BCUT2D eigenvalue weighted by Gasteiger charge is 2.14. The Morgan fingerprint density at radius 2 is 2.16 bits per heavy atom. The number of hydrogen-bond donors (Lipinski definition) is 1. The number of carbonyl (C=O) groups excluding carboxylic acids is 1. The van der Waals surface area contributed by atoms with E-state index < -0.39 is 0 Å². The van der Waals surface area contributed by atoms with E-state index in [0.717, 1.165) is 45.0 Å². The van der Waals surface area contributed by atoms with Crippen LogP contribution in [0.4, 0.5) is 0 Å². The zero-order valence-corrected chi connectivity index (χ0v) is 11.7. The molecule has 2 heterocycles. The van der Waals surface area contributed by atoms with Gasteiger partial charge in [-0.05, 0) is 19.1 Å². The first-order valence-electron chi connectivity index (χ1n) is 6.78. The third-order valence-electron chi connectivity index (χ3n) is 3.47. The highest BCUT2D eigenvalue weighted by Crippen LogP contribution is 2.03. The van der Waals surface area contributed by atoms with Crippen molar-refractivity contribution < 1.29 is 4.79 Å². The Balaban J connectivity index is 1.83. The molecule has 1 amide bonds. The molecule has 1 saturated heterocycles. The summed E-state index contributed by atoms with van der Waals surface area (Å²) in [5.41, 5.74) is 1.59. The Morgan fingerprint density at radius 3 is 2.79 bits per heavy atom. The van der Waals surface area contributed by atoms with E-state index in [1.54, 1.807) is 11.1 Å². The first-order valence-corrected chi connectivity index (χ1v) is 6.78. The molecule has 0 aromatic carbocycles. The van der Waals surface area contributed by atoms with Crippen LogP contribution >= 0.6 is 0 Å². The maximum atomic E-state index is 12.2. The van der Waals surface area contributed by atoms with Gasteiger partial charge in [0.15, 0.2) is 0 Å². The van der Waals surface area contributed by atoms with Gasteiger partial charge in [0, 0.05) is 58.2 Å². The Morgan fingerprint density at radius 1 is 1.42 bits per heavy atom. The second-order valence-electron chi connectivity index (χ2n) is 5.01. The molecule has 19 heavy (non-hydrogen) atoms. The summed E-state index contributed by atoms with van der Waals surface area (Å²) in [6, 6.07) is 3.71. The van der Waals surface area contributed by atoms with Crippen molar-refractivity contribution in [3.05, 3.63) is 29.6 Å². The van der Waals surface area contributed by atoms with Crippen molar-refractivity contribution in [2.45, 2.75) is 6.92 Å². The van der Waals surface area contributed by atoms with Gasteiger partial charge in [0.2, 0.25) is 0 Å². The largest absolute Gasteiger partial charge is 0.340 e. The fraction of sp³-hybridized carbons (Fsp3) is 0.571. The van der Waals surface area contributed by atoms with Crippen molar-refractivity contribution >= 4 is 5.91 Å². The lowest BCUT2D eigenvalue weighted by Gasteiger charge is -2.29. The third-order valence-corrected chi connectivity index (χ3v) is 3.47. The lowest BCUT2D eigenvalue weighted by molar-refractivity contribution is 0.0774. The normalized spacial score (nSPS) is 16.3. The molecule has 0 saturated carbocycles. The van der Waals surface area contributed by atoms with Gasteiger partial charge in [0.05, 0.1) is 5.56 Å². The Hall–Kier alpha value is -1.46. The van der Waals surface area contributed by atoms with Crippen molar-refractivity contribution in [1.82, 2.24) is 20.1 Å². The molecule has 5 heteroatoms. The van der Waals surface area contributed by atoms with Crippen molar-refractivity contribution in [2.75, 3.05) is 46.3 Å². The summed E-state index contributed by atoms with van der Waals surface area (Å²) in [6.07, 6.45) is 1.65. The standard InChI is InChI=1S/C14H22N4O/c1-12-3-4-13(11-16-12)14(19)17(2)9-10-18-7-5-15-6-8-18/h3-4,11,15H,5-10H2,1-2H3. The quantitative estimate of drug-likeness (QED) is 0.851. The van der Waals surface area contributed by atoms with Gasteiger partial charge in [-0.1, -0.05) is 0 Å². The molecule has 0 aliphatic carbocycles. The molecule has 0 unspecified atom stereocenters. The molecule has 0 bridgehead atoms. The number of nitrogens with one attached hydrogen (secondary N) is 1. The molecule has 2 rings (SSSR count). The summed E-state index contributed by atoms with van der Waals surface area (Å²) < 4.78 is 0. The van der Waals surface area contributed by atoms with Crippen LogP contribution in [0.15, 0.2) is 18.3 Å². The number of pyridine rings is 1. The molecular weight excluding hydrogens is 240 g/mol. The van der Waals surface area contributed by atoms with Gasteiger partial charge < -0.3 is 10.2 Å². The highest BCUT2D eigenvalue weighted by atomic mass is 16.2. The zero-order chi connectivity index (χ0) is 13.7. The van der Waals surface area contributed by atoms with Crippen LogP contribution in [0.2, 0.25) is 0 Å². The maximum Gasteiger partial charge on any atom is 0.255 e. The SMILES string of the molecule is Cc1ccc(C(=O)N(C)CCN2CCNCC2)cn1. The molecule has 1 fully saturated rings. The molecule has 104 valence electrons. The second-order valence-corrected chi connectivity index (χ2v) is 5.01. The summed E-state index contributed by atoms with van der Waals surface area (Å²) in [6.45, 7) is 7.82. The lowest BCUT2D eigenvalue weighted by atomic mass is 10.2. The molecule has 1 aromatic rings. The van der Waals surface area contributed by atoms with E-state index in [-0.39, 0.29) is 5.91 Å². The number of rotatable bonds is 4. The number of hydrogen-bond acceptors (Lipinski definition) is 4. The number of nitrogens with zero attached hydrogens (tertiary/aromatic N) is 3. The van der Waals surface area contributed by atoms with Gasteiger partial charge in [0.1, 0.15) is 0 Å². The molecule has 0 spiro atoms. The van der Waals surface area contributed by atoms with E-state index in [4.69, 9.17) is 0 Å². The van der Waals surface area contributed by atoms with E-state index in [9.17, 15) is 4.79 Å². The van der Waals surface area contributed by atoms with Gasteiger partial charge in [-0.25, -0.2) is 0 Å². The molecular formula is C14H22N4O. The Kier molecular flexibility index (Phi) is 4.87. The molecule has 1 aliphatic rings. The minimum Gasteiger partial charge on any atom is -0.340 e. The van der Waals surface area contributed by atoms with Crippen LogP contribution in [0.1, 0.15) is 16.1 Å². The summed E-state index contributed by atoms with van der Waals surface area (Å²) in [5.74, 6) is 0.0441. The summed E-state index contributed by atoms with van der Waals surface area (Å²) in [5, 5.41) is 3.33. The molecule has 1 aromatic heterocycles. The van der Waals surface area contributed by atoms with Crippen molar-refractivity contribution in [1.29, 1.82) is 0 Å². The fourth-order valence-corrected chi connectivity index (χ4v) is 2.14. The van der Waals surface area contributed by atoms with Gasteiger partial charge in [-0.15, -0.1) is 0 Å². The van der Waals surface area contributed by atoms with Crippen LogP contribution in [0.25, 0.3) is 0 Å². The third kappa shape index (κ3) is 4.01. The first-order chi connectivity index (χ1) is 9.16. The summed E-state index contributed by atoms with van der Waals surface area (Å²) >= 11 is 0. The summed E-state index contributed by atoms with van der Waals surface area (Å²) in [4.78, 5) is 20.5. The molecule has 0 atom stereocenters. The second kappa shape index (κ2) is 6.63. The van der Waals surface area contributed by atoms with Crippen molar-refractivity contribution in [3.63, 3.8) is 0 Å². The van der Waals surface area contributed by atoms with Crippen molar-refractivity contribution in [2.24, 2.45) is 0 Å². The van der Waals surface area contributed by atoms with Crippen LogP contribution in [-0.2, 0) is 0 Å². The van der Waals surface area contributed by atoms with Crippen LogP contribution in [0.3, 0.4) is 0 Å². The predicted octanol–water partition coefficient (Wildman–Crippen LogP) is 0.367. The van der Waals surface area contributed by atoms with Gasteiger partial charge in [-0.2, -0.15) is 0 Å². The molecule has 0 radical (unpaired) electrons. The zero-order valence-electron chi connectivity index (χ0n) is 11.7. The van der Waals surface area contributed by atoms with Gasteiger partial charge in [-0.3, -0.25) is 14.7 Å². The average Bonchev–Trinajstić information content (AvgIpc) is 2.46. The van der Waals surface area contributed by atoms with Gasteiger partial charge >= 0.3 is 0 Å². The fourth-order valence-electron chi connectivity index (χ4n) is 2.14. The van der Waals surface area contributed by atoms with Gasteiger partial charge in [0.25, 0.3) is 5.91 Å². The first kappa shape index (κ1) is 14.0. The topological polar surface area (TPSA) is 48.5 Å². The average molecular weight is 262 g/mol. The van der Waals surface area contributed by atoms with Crippen LogP contribution < -0.4 is 5.32 Å². The number of aryl methyl sites for hydroxylation is 1. The van der Waals surface area contributed by atoms with Crippen LogP contribution in [0.5, 0.6) is 0 Å². The highest BCUT2D eigenvalue weighted by molar-refractivity contribution is 5.93. The van der Waals surface area contributed by atoms with Crippen LogP contribution in [-0.4, -0.2) is 67.0 Å².